The maximum absolute atomic E-state index is 14.4. The fourth-order valence-electron chi connectivity index (χ4n) is 8.59. The number of aromatic nitrogens is 3. The maximum atomic E-state index is 14.4. The van der Waals surface area contributed by atoms with Crippen LogP contribution in [0.2, 0.25) is 0 Å². The summed E-state index contributed by atoms with van der Waals surface area (Å²) in [4.78, 5) is 84.9. The van der Waals surface area contributed by atoms with E-state index in [2.05, 4.69) is 16.0 Å². The quantitative estimate of drug-likeness (QED) is 0.0212. The normalized spacial score (nSPS) is 13.5. The Morgan fingerprint density at radius 2 is 0.711 bits per heavy atom. The summed E-state index contributed by atoms with van der Waals surface area (Å²) < 4.78 is 21.5. The first kappa shape index (κ1) is 64.1. The van der Waals surface area contributed by atoms with Crippen molar-refractivity contribution in [2.45, 2.75) is 70.0 Å². The summed E-state index contributed by atoms with van der Waals surface area (Å²) in [6.07, 6.45) is -4.07. The molecule has 0 spiro atoms. The third-order valence-electron chi connectivity index (χ3n) is 13.3. The van der Waals surface area contributed by atoms with Gasteiger partial charge in [-0.2, -0.15) is 0 Å². The Morgan fingerprint density at radius 1 is 0.410 bits per heavy atom. The van der Waals surface area contributed by atoms with Crippen molar-refractivity contribution < 1.29 is 74.6 Å². The molecule has 0 radical (unpaired) electrons. The van der Waals surface area contributed by atoms with E-state index in [1.807, 2.05) is 0 Å². The number of nitrogens with one attached hydrogen (secondary N) is 3. The highest BCUT2D eigenvalue weighted by Gasteiger charge is 2.28. The van der Waals surface area contributed by atoms with Gasteiger partial charge in [0.15, 0.2) is 34.3 Å². The zero-order valence-electron chi connectivity index (χ0n) is 45.4. The van der Waals surface area contributed by atoms with Crippen LogP contribution in [-0.2, 0) is 39.5 Å². The van der Waals surface area contributed by atoms with Crippen molar-refractivity contribution in [3.8, 4) is 17.2 Å². The van der Waals surface area contributed by atoms with Gasteiger partial charge in [0.05, 0.1) is 57.8 Å². The predicted octanol–water partition coefficient (Wildman–Crippen LogP) is -1.81. The molecule has 25 nitrogen and oxygen atoms in total. The molecule has 25 heteroatoms. The molecule has 12 N–H and O–H groups in total. The highest BCUT2D eigenvalue weighted by atomic mass is 16.5. The number of pyridine rings is 3. The minimum Gasteiger partial charge on any atom is -0.483 e. The first-order chi connectivity index (χ1) is 40.1. The summed E-state index contributed by atoms with van der Waals surface area (Å²) in [6, 6.07) is 29.7. The molecule has 83 heavy (non-hydrogen) atoms. The maximum Gasteiger partial charge on any atom is 0.271 e. The van der Waals surface area contributed by atoms with Crippen LogP contribution in [0.25, 0.3) is 0 Å². The molecular weight excluding hydrogens is 1080 g/mol. The molecular formula is C58H71N7O18. The third-order valence-corrected chi connectivity index (χ3v) is 13.3. The van der Waals surface area contributed by atoms with Crippen molar-refractivity contribution in [2.24, 2.45) is 5.92 Å². The average Bonchev–Trinajstić information content (AvgIpc) is 3.70. The summed E-state index contributed by atoms with van der Waals surface area (Å²) in [5.74, 6) is -4.62. The third kappa shape index (κ3) is 18.5. The monoisotopic (exact) mass is 1150 g/mol. The minimum absolute atomic E-state index is 0.0311. The number of hydrogen-bond donors (Lipinski definition) is 12. The van der Waals surface area contributed by atoms with Gasteiger partial charge >= 0.3 is 0 Å². The Bertz CT molecular complexity index is 3060. The lowest BCUT2D eigenvalue weighted by atomic mass is 10.0. The van der Waals surface area contributed by atoms with Gasteiger partial charge in [-0.15, -0.1) is 0 Å². The molecule has 3 aromatic carbocycles. The van der Waals surface area contributed by atoms with Crippen LogP contribution in [0.15, 0.2) is 142 Å². The molecule has 6 atom stereocenters. The lowest BCUT2D eigenvalue weighted by Gasteiger charge is -2.25. The summed E-state index contributed by atoms with van der Waals surface area (Å²) in [5.41, 5.74) is -0.961. The second-order valence-electron chi connectivity index (χ2n) is 19.3. The Labute approximate surface area is 476 Å². The SMILES string of the molecule is O=C(NCCN(CCNC(=O)c1c(OCc2ccccc2)c(=O)ccn1CC(O)C(O)CO)CCNC(=O)c1c(OCc2ccccc2)c(=O)ccn1CC(CO)C(O)CO)c1c(OCc2ccccc2)c(=O)ccn1CC(O)C(O)CO. The van der Waals surface area contributed by atoms with E-state index in [1.165, 1.54) is 32.3 Å². The van der Waals surface area contributed by atoms with Gasteiger partial charge in [0.25, 0.3) is 17.7 Å². The van der Waals surface area contributed by atoms with Crippen LogP contribution >= 0.6 is 0 Å². The van der Waals surface area contributed by atoms with Crippen molar-refractivity contribution in [1.82, 2.24) is 34.6 Å². The van der Waals surface area contributed by atoms with E-state index in [0.29, 0.717) is 16.7 Å². The van der Waals surface area contributed by atoms with Gasteiger partial charge in [0.2, 0.25) is 16.3 Å². The number of aliphatic hydroxyl groups excluding tert-OH is 9. The van der Waals surface area contributed by atoms with E-state index in [0.717, 1.165) is 18.2 Å². The summed E-state index contributed by atoms with van der Waals surface area (Å²) in [5, 5.41) is 99.6. The van der Waals surface area contributed by atoms with E-state index < -0.39 is 110 Å². The molecule has 3 aromatic heterocycles. The molecule has 6 aromatic rings. The van der Waals surface area contributed by atoms with Crippen LogP contribution in [0.1, 0.15) is 48.2 Å². The predicted molar refractivity (Wildman–Crippen MR) is 300 cm³/mol. The number of amides is 3. The molecule has 0 aliphatic carbocycles. The number of benzene rings is 3. The molecule has 0 aliphatic heterocycles. The molecule has 6 unspecified atom stereocenters. The minimum atomic E-state index is -1.61. The fraction of sp³-hybridized carbons (Fsp3) is 0.379. The Kier molecular flexibility index (Phi) is 25.1. The van der Waals surface area contributed by atoms with Gasteiger partial charge in [-0.1, -0.05) is 91.0 Å². The van der Waals surface area contributed by atoms with Crippen molar-refractivity contribution >= 4 is 17.7 Å². The van der Waals surface area contributed by atoms with E-state index in [4.69, 9.17) is 14.2 Å². The molecule has 0 saturated heterocycles. The summed E-state index contributed by atoms with van der Waals surface area (Å²) in [7, 11) is 0. The highest BCUT2D eigenvalue weighted by Crippen LogP contribution is 2.21. The van der Waals surface area contributed by atoms with Gasteiger partial charge in [0, 0.05) is 88.5 Å². The second-order valence-corrected chi connectivity index (χ2v) is 19.3. The number of carbonyl (C=O) groups is 3. The van der Waals surface area contributed by atoms with Crippen LogP contribution in [-0.4, -0.2) is 178 Å². The first-order valence-corrected chi connectivity index (χ1v) is 26.7. The summed E-state index contributed by atoms with van der Waals surface area (Å²) in [6.45, 7) is -5.11. The van der Waals surface area contributed by atoms with Crippen molar-refractivity contribution in [3.05, 3.63) is 192 Å². The van der Waals surface area contributed by atoms with Crippen LogP contribution in [0.3, 0.4) is 0 Å². The largest absolute Gasteiger partial charge is 0.483 e. The Balaban J connectivity index is 1.29. The van der Waals surface area contributed by atoms with E-state index in [9.17, 15) is 74.7 Å². The molecule has 3 amide bonds. The lowest BCUT2D eigenvalue weighted by molar-refractivity contribution is -0.0219. The number of rotatable bonds is 34. The zero-order chi connectivity index (χ0) is 59.8. The van der Waals surface area contributed by atoms with Gasteiger partial charge in [0.1, 0.15) is 32.0 Å². The van der Waals surface area contributed by atoms with E-state index in [1.54, 1.807) is 95.9 Å². The second kappa shape index (κ2) is 32.5. The van der Waals surface area contributed by atoms with E-state index >= 15 is 0 Å². The number of aliphatic hydroxyl groups is 9. The smallest absolute Gasteiger partial charge is 0.271 e. The van der Waals surface area contributed by atoms with Crippen molar-refractivity contribution in [1.29, 1.82) is 0 Å². The number of nitrogens with zero attached hydrogens (tertiary/aromatic N) is 4. The highest BCUT2D eigenvalue weighted by molar-refractivity contribution is 5.96. The van der Waals surface area contributed by atoms with Crippen LogP contribution < -0.4 is 46.4 Å². The van der Waals surface area contributed by atoms with Gasteiger partial charge in [-0.25, -0.2) is 0 Å². The molecule has 0 bridgehead atoms. The fourth-order valence-corrected chi connectivity index (χ4v) is 8.59. The van der Waals surface area contributed by atoms with Crippen LogP contribution in [0.5, 0.6) is 17.2 Å². The van der Waals surface area contributed by atoms with Crippen molar-refractivity contribution in [3.63, 3.8) is 0 Å². The number of ether oxygens (including phenoxy) is 3. The average molecular weight is 1150 g/mol. The Morgan fingerprint density at radius 3 is 1.00 bits per heavy atom. The summed E-state index contributed by atoms with van der Waals surface area (Å²) >= 11 is 0. The number of hydrogen-bond acceptors (Lipinski definition) is 19. The molecule has 3 heterocycles. The lowest BCUT2D eigenvalue weighted by Crippen LogP contribution is -2.44. The topological polar surface area (TPSA) is 366 Å². The molecule has 446 valence electrons. The van der Waals surface area contributed by atoms with Gasteiger partial charge < -0.3 is 89.8 Å². The zero-order valence-corrected chi connectivity index (χ0v) is 45.4. The molecule has 0 saturated carbocycles. The molecule has 6 rings (SSSR count). The first-order valence-electron chi connectivity index (χ1n) is 26.7. The Hall–Kier alpha value is -8.08. The standard InChI is InChI=1S/C58H71N7O18/c66-31-41(47(75)32-67)28-63-22-16-42(70)53(81-35-38-10-4-1-5-11-38)50(63)56(78)59-19-25-62(26-20-60-57(79)51-54(82-36-39-12-6-2-7-13-39)43(71)17-23-64(51)29-45(73)48(76)33-68)27-21-61-58(80)52-55(83-37-40-14-8-3-9-15-40)44(72)18-24-65(52)30-46(74)49(77)34-69/h1-18,22-24,41,45-49,66-69,73-77H,19-21,25-37H2,(H,59,78)(H,60,79)(H,61,80). The number of carbonyl (C=O) groups excluding carboxylic acids is 3. The van der Waals surface area contributed by atoms with Crippen LogP contribution in [0.4, 0.5) is 0 Å². The van der Waals surface area contributed by atoms with E-state index in [-0.39, 0.29) is 100.0 Å². The molecule has 0 aliphatic rings. The molecule has 0 fully saturated rings. The van der Waals surface area contributed by atoms with Crippen molar-refractivity contribution in [2.75, 3.05) is 65.7 Å². The van der Waals surface area contributed by atoms with Gasteiger partial charge in [-0.3, -0.25) is 33.7 Å². The van der Waals surface area contributed by atoms with Gasteiger partial charge in [-0.05, 0) is 16.7 Å². The van der Waals surface area contributed by atoms with Crippen LogP contribution in [0, 0.1) is 5.92 Å².